The van der Waals surface area contributed by atoms with E-state index >= 15 is 0 Å². The summed E-state index contributed by atoms with van der Waals surface area (Å²) in [6.07, 6.45) is 4.47. The van der Waals surface area contributed by atoms with Gasteiger partial charge in [-0.3, -0.25) is 0 Å². The third-order valence-electron chi connectivity index (χ3n) is 2.59. The van der Waals surface area contributed by atoms with E-state index in [2.05, 4.69) is 11.9 Å². The van der Waals surface area contributed by atoms with Gasteiger partial charge in [0, 0.05) is 23.6 Å². The summed E-state index contributed by atoms with van der Waals surface area (Å²) in [5, 5.41) is 1.12. The number of rotatable bonds is 3. The predicted molar refractivity (Wildman–Crippen MR) is 57.5 cm³/mol. The molecule has 2 heterocycles. The van der Waals surface area contributed by atoms with Gasteiger partial charge in [0.1, 0.15) is 11.1 Å². The molecule has 2 unspecified atom stereocenters. The van der Waals surface area contributed by atoms with Gasteiger partial charge in [0.25, 0.3) is 0 Å². The van der Waals surface area contributed by atoms with Gasteiger partial charge >= 0.3 is 0 Å². The van der Waals surface area contributed by atoms with Crippen molar-refractivity contribution in [3.63, 3.8) is 0 Å². The maximum absolute atomic E-state index is 5.61. The lowest BCUT2D eigenvalue weighted by Gasteiger charge is -2.05. The van der Waals surface area contributed by atoms with Gasteiger partial charge in [0.15, 0.2) is 0 Å². The third-order valence-corrected chi connectivity index (χ3v) is 3.91. The summed E-state index contributed by atoms with van der Waals surface area (Å²) in [6, 6.07) is 0. The normalized spacial score (nSPS) is 24.0. The summed E-state index contributed by atoms with van der Waals surface area (Å²) in [4.78, 5) is 5.68. The van der Waals surface area contributed by atoms with Crippen LogP contribution in [-0.4, -0.2) is 18.1 Å². The molecule has 1 aromatic heterocycles. The molecular weight excluding hydrogens is 196 g/mol. The van der Waals surface area contributed by atoms with Crippen molar-refractivity contribution in [1.29, 1.82) is 0 Å². The Morgan fingerprint density at radius 2 is 2.64 bits per heavy atom. The number of hydrogen-bond acceptors (Lipinski definition) is 4. The minimum Gasteiger partial charge on any atom is -0.371 e. The summed E-state index contributed by atoms with van der Waals surface area (Å²) in [7, 11) is 0. The minimum atomic E-state index is 0.249. The fraction of sp³-hybridized carbons (Fsp3) is 0.700. The van der Waals surface area contributed by atoms with Gasteiger partial charge in [-0.15, -0.1) is 11.3 Å². The predicted octanol–water partition coefficient (Wildman–Crippen LogP) is 2.06. The molecule has 3 nitrogen and oxygen atoms in total. The zero-order valence-corrected chi connectivity index (χ0v) is 9.22. The van der Waals surface area contributed by atoms with Crippen molar-refractivity contribution in [1.82, 2.24) is 4.98 Å². The molecule has 1 fully saturated rings. The van der Waals surface area contributed by atoms with Crippen molar-refractivity contribution in [2.75, 3.05) is 13.2 Å². The molecule has 4 heteroatoms. The van der Waals surface area contributed by atoms with Crippen molar-refractivity contribution >= 4 is 11.3 Å². The van der Waals surface area contributed by atoms with E-state index in [-0.39, 0.29) is 6.10 Å². The molecule has 0 amide bonds. The van der Waals surface area contributed by atoms with Crippen LogP contribution in [0.15, 0.2) is 6.20 Å². The second-order valence-corrected chi connectivity index (χ2v) is 4.83. The van der Waals surface area contributed by atoms with E-state index < -0.39 is 0 Å². The minimum absolute atomic E-state index is 0.249. The topological polar surface area (TPSA) is 48.1 Å². The number of ether oxygens (including phenoxy) is 1. The quantitative estimate of drug-likeness (QED) is 0.834. The highest BCUT2D eigenvalue weighted by Crippen LogP contribution is 2.33. The van der Waals surface area contributed by atoms with Gasteiger partial charge < -0.3 is 10.5 Å². The summed E-state index contributed by atoms with van der Waals surface area (Å²) in [5.74, 6) is 0.419. The summed E-state index contributed by atoms with van der Waals surface area (Å²) < 4.78 is 5.58. The molecule has 2 rings (SSSR count). The first-order chi connectivity index (χ1) is 6.81. The maximum Gasteiger partial charge on any atom is 0.122 e. The average Bonchev–Trinajstić information content (AvgIpc) is 2.86. The first-order valence-electron chi connectivity index (χ1n) is 5.08. The Hall–Kier alpha value is -0.450. The Labute approximate surface area is 88.3 Å². The summed E-state index contributed by atoms with van der Waals surface area (Å²) >= 11 is 1.75. The Morgan fingerprint density at radius 3 is 3.29 bits per heavy atom. The summed E-state index contributed by atoms with van der Waals surface area (Å²) in [5.41, 5.74) is 5.61. The number of aromatic nitrogens is 1. The van der Waals surface area contributed by atoms with Crippen LogP contribution >= 0.6 is 11.3 Å². The van der Waals surface area contributed by atoms with Crippen LogP contribution < -0.4 is 5.73 Å². The highest BCUT2D eigenvalue weighted by Gasteiger charge is 2.21. The lowest BCUT2D eigenvalue weighted by Crippen LogP contribution is -2.07. The van der Waals surface area contributed by atoms with Gasteiger partial charge in [-0.1, -0.05) is 6.92 Å². The van der Waals surface area contributed by atoms with Crippen LogP contribution in [0.5, 0.6) is 0 Å². The molecule has 14 heavy (non-hydrogen) atoms. The Kier molecular flexibility index (Phi) is 3.15. The van der Waals surface area contributed by atoms with Crippen LogP contribution in [0.3, 0.4) is 0 Å². The van der Waals surface area contributed by atoms with E-state index in [1.807, 2.05) is 6.20 Å². The van der Waals surface area contributed by atoms with E-state index in [0.717, 1.165) is 24.5 Å². The van der Waals surface area contributed by atoms with Gasteiger partial charge in [-0.2, -0.15) is 0 Å². The molecule has 0 bridgehead atoms. The third kappa shape index (κ3) is 1.97. The molecule has 78 valence electrons. The Bertz CT molecular complexity index is 294. The van der Waals surface area contributed by atoms with E-state index in [9.17, 15) is 0 Å². The highest BCUT2D eigenvalue weighted by atomic mass is 32.1. The summed E-state index contributed by atoms with van der Waals surface area (Å²) in [6.45, 7) is 3.70. The van der Waals surface area contributed by atoms with Crippen molar-refractivity contribution in [3.8, 4) is 0 Å². The molecule has 0 aromatic carbocycles. The molecule has 1 aromatic rings. The van der Waals surface area contributed by atoms with Crippen LogP contribution in [0.25, 0.3) is 0 Å². The van der Waals surface area contributed by atoms with E-state index in [1.165, 1.54) is 4.88 Å². The Balaban J connectivity index is 2.08. The average molecular weight is 212 g/mol. The number of nitrogens with two attached hydrogens (primary N) is 1. The van der Waals surface area contributed by atoms with Crippen LogP contribution in [-0.2, 0) is 4.74 Å². The fourth-order valence-corrected chi connectivity index (χ4v) is 2.63. The molecule has 2 atom stereocenters. The Morgan fingerprint density at radius 1 is 1.79 bits per heavy atom. The first-order valence-corrected chi connectivity index (χ1v) is 5.90. The highest BCUT2D eigenvalue weighted by molar-refractivity contribution is 7.11. The largest absolute Gasteiger partial charge is 0.371 e. The molecule has 0 radical (unpaired) electrons. The first kappa shape index (κ1) is 10.1. The maximum atomic E-state index is 5.61. The van der Waals surface area contributed by atoms with E-state index in [0.29, 0.717) is 12.5 Å². The van der Waals surface area contributed by atoms with Crippen molar-refractivity contribution in [2.45, 2.75) is 31.8 Å². The van der Waals surface area contributed by atoms with Crippen LogP contribution in [0, 0.1) is 0 Å². The van der Waals surface area contributed by atoms with Crippen molar-refractivity contribution in [3.05, 3.63) is 16.1 Å². The van der Waals surface area contributed by atoms with Crippen LogP contribution in [0.4, 0.5) is 0 Å². The molecule has 1 aliphatic heterocycles. The smallest absolute Gasteiger partial charge is 0.122 e. The molecule has 0 saturated carbocycles. The molecule has 1 aliphatic rings. The molecule has 0 spiro atoms. The second kappa shape index (κ2) is 4.38. The number of thiazole rings is 1. The van der Waals surface area contributed by atoms with Crippen molar-refractivity contribution in [2.24, 2.45) is 5.73 Å². The SMILES string of the molecule is CC(CN)c1cnc(C2CCCO2)s1. The number of hydrogen-bond donors (Lipinski definition) is 1. The van der Waals surface area contributed by atoms with Crippen LogP contribution in [0.2, 0.25) is 0 Å². The fourth-order valence-electron chi connectivity index (χ4n) is 1.57. The monoisotopic (exact) mass is 212 g/mol. The lowest BCUT2D eigenvalue weighted by atomic mass is 10.2. The van der Waals surface area contributed by atoms with Gasteiger partial charge in [0.05, 0.1) is 0 Å². The van der Waals surface area contributed by atoms with Crippen molar-refractivity contribution < 1.29 is 4.74 Å². The zero-order valence-electron chi connectivity index (χ0n) is 8.40. The molecule has 1 saturated heterocycles. The number of nitrogens with zero attached hydrogens (tertiary/aromatic N) is 1. The standard InChI is InChI=1S/C10H16N2OS/c1-7(5-11)9-6-12-10(14-9)8-3-2-4-13-8/h6-8H,2-5,11H2,1H3. The van der Waals surface area contributed by atoms with E-state index in [4.69, 9.17) is 10.5 Å². The molecular formula is C10H16N2OS. The second-order valence-electron chi connectivity index (χ2n) is 3.74. The molecule has 2 N–H and O–H groups in total. The van der Waals surface area contributed by atoms with Gasteiger partial charge in [-0.25, -0.2) is 4.98 Å². The van der Waals surface area contributed by atoms with E-state index in [1.54, 1.807) is 11.3 Å². The van der Waals surface area contributed by atoms with Crippen LogP contribution in [0.1, 0.15) is 41.7 Å². The lowest BCUT2D eigenvalue weighted by molar-refractivity contribution is 0.111. The van der Waals surface area contributed by atoms with Gasteiger partial charge in [0.2, 0.25) is 0 Å². The zero-order chi connectivity index (χ0) is 9.97. The molecule has 0 aliphatic carbocycles. The van der Waals surface area contributed by atoms with Gasteiger partial charge in [-0.05, 0) is 19.4 Å².